The first-order valence-electron chi connectivity index (χ1n) is 4.33. The zero-order valence-corrected chi connectivity index (χ0v) is 9.66. The van der Waals surface area contributed by atoms with Gasteiger partial charge in [0.25, 0.3) is 0 Å². The molecule has 0 saturated heterocycles. The van der Waals surface area contributed by atoms with Crippen LogP contribution in [0.4, 0.5) is 0 Å². The lowest BCUT2D eigenvalue weighted by atomic mass is 10.6. The summed E-state index contributed by atoms with van der Waals surface area (Å²) in [6.45, 7) is 2.25. The highest BCUT2D eigenvalue weighted by Gasteiger charge is 2.17. The number of phosphoric acid groups is 1. The van der Waals surface area contributed by atoms with Crippen LogP contribution in [0.5, 0.6) is 0 Å². The fourth-order valence-electron chi connectivity index (χ4n) is 0.666. The van der Waals surface area contributed by atoms with Crippen molar-refractivity contribution in [2.45, 2.75) is 14.4 Å². The van der Waals surface area contributed by atoms with Crippen LogP contribution in [0, 0.1) is 0 Å². The Balaban J connectivity index is 0. The van der Waals surface area contributed by atoms with Gasteiger partial charge in [-0.25, -0.2) is 4.57 Å². The van der Waals surface area contributed by atoms with Gasteiger partial charge in [-0.15, -0.1) is 0 Å². The van der Waals surface area contributed by atoms with Crippen molar-refractivity contribution in [3.8, 4) is 0 Å². The van der Waals surface area contributed by atoms with E-state index >= 15 is 0 Å². The third-order valence-corrected chi connectivity index (χ3v) is 2.30. The Morgan fingerprint density at radius 1 is 1.38 bits per heavy atom. The lowest BCUT2D eigenvalue weighted by Crippen LogP contribution is -2.24. The number of phosphoric ester groups is 1. The third kappa shape index (κ3) is 11.6. The molecule has 0 rings (SSSR count). The number of amides is 1. The minimum atomic E-state index is -3.89. The van der Waals surface area contributed by atoms with Crippen molar-refractivity contribution in [1.82, 2.24) is 5.32 Å². The summed E-state index contributed by atoms with van der Waals surface area (Å²) in [5.41, 5.74) is 0. The second-order valence-corrected chi connectivity index (χ2v) is 4.14. The molecule has 2 N–H and O–H groups in total. The monoisotopic (exact) mass is 257 g/mol. The molecule has 0 radical (unpaired) electrons. The summed E-state index contributed by atoms with van der Waals surface area (Å²) in [6.07, 6.45) is 0. The van der Waals surface area contributed by atoms with Gasteiger partial charge in [-0.05, 0) is 0 Å². The largest absolute Gasteiger partial charge is 0.471 e. The van der Waals surface area contributed by atoms with Crippen LogP contribution in [-0.2, 0) is 23.1 Å². The van der Waals surface area contributed by atoms with Crippen LogP contribution >= 0.6 is 7.82 Å². The Bertz CT molecular complexity index is 235. The first-order chi connectivity index (χ1) is 6.98. The summed E-state index contributed by atoms with van der Waals surface area (Å²) in [5, 5.41) is 2.53. The van der Waals surface area contributed by atoms with E-state index in [1.54, 1.807) is 0 Å². The SMILES string of the molecule is C.COP(=O)(O)OCCOCCNC(C)=O. The minimum Gasteiger partial charge on any atom is -0.377 e. The van der Waals surface area contributed by atoms with E-state index in [0.29, 0.717) is 13.2 Å². The molecule has 16 heavy (non-hydrogen) atoms. The summed E-state index contributed by atoms with van der Waals surface area (Å²) in [4.78, 5) is 19.2. The fourth-order valence-corrected chi connectivity index (χ4v) is 1.08. The quantitative estimate of drug-likeness (QED) is 0.487. The topological polar surface area (TPSA) is 94.1 Å². The van der Waals surface area contributed by atoms with E-state index in [2.05, 4.69) is 14.4 Å². The molecule has 0 aromatic carbocycles. The number of carbonyl (C=O) groups excluding carboxylic acids is 1. The van der Waals surface area contributed by atoms with E-state index < -0.39 is 7.82 Å². The summed E-state index contributed by atoms with van der Waals surface area (Å²) >= 11 is 0. The van der Waals surface area contributed by atoms with Crippen molar-refractivity contribution >= 4 is 13.7 Å². The number of ether oxygens (including phenoxy) is 1. The average Bonchev–Trinajstić information content (AvgIpc) is 2.16. The highest BCUT2D eigenvalue weighted by molar-refractivity contribution is 7.47. The normalized spacial score (nSPS) is 13.7. The summed E-state index contributed by atoms with van der Waals surface area (Å²) in [7, 11) is -2.81. The van der Waals surface area contributed by atoms with Crippen LogP contribution in [0.2, 0.25) is 0 Å². The van der Waals surface area contributed by atoms with Crippen LogP contribution in [0.15, 0.2) is 0 Å². The van der Waals surface area contributed by atoms with Gasteiger partial charge in [-0.1, -0.05) is 7.43 Å². The van der Waals surface area contributed by atoms with Crippen LogP contribution < -0.4 is 5.32 Å². The first kappa shape index (κ1) is 17.9. The van der Waals surface area contributed by atoms with Gasteiger partial charge in [0.15, 0.2) is 0 Å². The summed E-state index contributed by atoms with van der Waals surface area (Å²) in [5.74, 6) is -0.130. The number of rotatable bonds is 8. The second kappa shape index (κ2) is 9.74. The van der Waals surface area contributed by atoms with E-state index in [9.17, 15) is 9.36 Å². The molecule has 8 heteroatoms. The van der Waals surface area contributed by atoms with Crippen LogP contribution in [-0.4, -0.2) is 44.3 Å². The maximum absolute atomic E-state index is 10.8. The summed E-state index contributed by atoms with van der Waals surface area (Å²) in [6, 6.07) is 0. The molecule has 7 nitrogen and oxygen atoms in total. The van der Waals surface area contributed by atoms with Gasteiger partial charge in [0.05, 0.1) is 19.8 Å². The fraction of sp³-hybridized carbons (Fsp3) is 0.875. The Labute approximate surface area is 95.7 Å². The molecule has 0 aliphatic heterocycles. The number of carbonyl (C=O) groups is 1. The molecule has 0 heterocycles. The van der Waals surface area contributed by atoms with E-state index in [4.69, 9.17) is 9.63 Å². The van der Waals surface area contributed by atoms with Gasteiger partial charge in [0, 0.05) is 20.6 Å². The Kier molecular flexibility index (Phi) is 10.9. The highest BCUT2D eigenvalue weighted by atomic mass is 31.2. The maximum atomic E-state index is 10.8. The third-order valence-electron chi connectivity index (χ3n) is 1.33. The standard InChI is InChI=1S/C7H16NO6P.CH4/c1-7(9)8-3-4-13-5-6-14-15(10,11)12-2;/h3-6H2,1-2H3,(H,8,9)(H,10,11);1H4. The van der Waals surface area contributed by atoms with E-state index in [1.807, 2.05) is 0 Å². The zero-order chi connectivity index (χ0) is 11.7. The molecule has 98 valence electrons. The van der Waals surface area contributed by atoms with Gasteiger partial charge in [0.1, 0.15) is 0 Å². The van der Waals surface area contributed by atoms with E-state index in [-0.39, 0.29) is 26.5 Å². The Morgan fingerprint density at radius 3 is 2.50 bits per heavy atom. The molecule has 0 aromatic heterocycles. The molecule has 0 aromatic rings. The van der Waals surface area contributed by atoms with Crippen molar-refractivity contribution in [2.24, 2.45) is 0 Å². The number of hydrogen-bond acceptors (Lipinski definition) is 5. The summed E-state index contributed by atoms with van der Waals surface area (Å²) < 4.78 is 24.4. The number of nitrogens with one attached hydrogen (secondary N) is 1. The molecular weight excluding hydrogens is 237 g/mol. The molecule has 1 unspecified atom stereocenters. The molecule has 1 amide bonds. The van der Waals surface area contributed by atoms with Crippen molar-refractivity contribution in [2.75, 3.05) is 33.5 Å². The Morgan fingerprint density at radius 2 is 2.00 bits per heavy atom. The zero-order valence-electron chi connectivity index (χ0n) is 8.76. The van der Waals surface area contributed by atoms with Crippen molar-refractivity contribution in [3.63, 3.8) is 0 Å². The van der Waals surface area contributed by atoms with Crippen LogP contribution in [0.1, 0.15) is 14.4 Å². The van der Waals surface area contributed by atoms with Crippen LogP contribution in [0.25, 0.3) is 0 Å². The highest BCUT2D eigenvalue weighted by Crippen LogP contribution is 2.41. The van der Waals surface area contributed by atoms with Gasteiger partial charge < -0.3 is 14.9 Å². The second-order valence-electron chi connectivity index (χ2n) is 2.58. The van der Waals surface area contributed by atoms with E-state index in [0.717, 1.165) is 7.11 Å². The van der Waals surface area contributed by atoms with Gasteiger partial charge in [0.2, 0.25) is 5.91 Å². The van der Waals surface area contributed by atoms with Crippen molar-refractivity contribution in [1.29, 1.82) is 0 Å². The smallest absolute Gasteiger partial charge is 0.377 e. The van der Waals surface area contributed by atoms with E-state index in [1.165, 1.54) is 6.92 Å². The molecule has 0 fully saturated rings. The van der Waals surface area contributed by atoms with Gasteiger partial charge in [-0.2, -0.15) is 0 Å². The molecule has 0 aliphatic carbocycles. The van der Waals surface area contributed by atoms with Crippen molar-refractivity contribution in [3.05, 3.63) is 0 Å². The van der Waals surface area contributed by atoms with Gasteiger partial charge in [-0.3, -0.25) is 13.8 Å². The predicted octanol–water partition coefficient (Wildman–Crippen LogP) is 0.539. The maximum Gasteiger partial charge on any atom is 0.471 e. The molecular formula is C8H20NO6P. The molecule has 0 aliphatic rings. The van der Waals surface area contributed by atoms with Crippen molar-refractivity contribution < 1.29 is 28.0 Å². The molecule has 0 spiro atoms. The van der Waals surface area contributed by atoms with Gasteiger partial charge >= 0.3 is 7.82 Å². The first-order valence-corrected chi connectivity index (χ1v) is 5.83. The molecule has 0 bridgehead atoms. The lowest BCUT2D eigenvalue weighted by molar-refractivity contribution is -0.119. The predicted molar refractivity (Wildman–Crippen MR) is 59.0 cm³/mol. The average molecular weight is 257 g/mol. The Hall–Kier alpha value is -0.460. The molecule has 0 saturated carbocycles. The van der Waals surface area contributed by atoms with Crippen LogP contribution in [0.3, 0.4) is 0 Å². The minimum absolute atomic E-state index is 0. The molecule has 1 atom stereocenters. The number of hydrogen-bond donors (Lipinski definition) is 2. The lowest BCUT2D eigenvalue weighted by Gasteiger charge is -2.09.